The molecule has 0 fully saturated rings. The summed E-state index contributed by atoms with van der Waals surface area (Å²) in [5.74, 6) is 0.0605. The normalized spacial score (nSPS) is 9.86. The molecule has 0 aliphatic rings. The van der Waals surface area contributed by atoms with Crippen molar-refractivity contribution in [2.45, 2.75) is 13.3 Å². The second kappa shape index (κ2) is 3.40. The van der Waals surface area contributed by atoms with E-state index < -0.39 is 0 Å². The molecule has 0 saturated carbocycles. The lowest BCUT2D eigenvalue weighted by Crippen LogP contribution is -1.83. The van der Waals surface area contributed by atoms with E-state index in [1.165, 1.54) is 13.0 Å². The lowest BCUT2D eigenvalue weighted by atomic mass is 10.3. The molecule has 0 radical (unpaired) electrons. The third-order valence-corrected chi connectivity index (χ3v) is 0.511. The summed E-state index contributed by atoms with van der Waals surface area (Å²) < 4.78 is 0. The summed E-state index contributed by atoms with van der Waals surface area (Å²) in [6, 6.07) is 0. The van der Waals surface area contributed by atoms with Gasteiger partial charge < -0.3 is 5.11 Å². The fourth-order valence-electron chi connectivity index (χ4n) is 0.219. The van der Waals surface area contributed by atoms with Gasteiger partial charge in [0.2, 0.25) is 0 Å². The van der Waals surface area contributed by atoms with Crippen LogP contribution in [0.1, 0.15) is 13.3 Å². The van der Waals surface area contributed by atoms with Crippen molar-refractivity contribution in [1.29, 1.82) is 0 Å². The molecule has 0 aliphatic heterocycles. The van der Waals surface area contributed by atoms with E-state index in [-0.39, 0.29) is 5.78 Å². The number of carbonyl (C=O) groups excluding carboxylic acids is 1. The number of aliphatic hydroxyl groups excluding tert-OH is 1. The first kappa shape index (κ1) is 6.21. The summed E-state index contributed by atoms with van der Waals surface area (Å²) in [7, 11) is 0. The molecule has 40 valence electrons. The van der Waals surface area contributed by atoms with Crippen LogP contribution in [0.15, 0.2) is 12.3 Å². The van der Waals surface area contributed by atoms with Crippen LogP contribution in [-0.4, -0.2) is 10.9 Å². The van der Waals surface area contributed by atoms with Crippen molar-refractivity contribution in [3.63, 3.8) is 0 Å². The Labute approximate surface area is 42.5 Å². The number of hydrogen-bond acceptors (Lipinski definition) is 2. The first-order chi connectivity index (χ1) is 3.27. The van der Waals surface area contributed by atoms with E-state index >= 15 is 0 Å². The van der Waals surface area contributed by atoms with Gasteiger partial charge in [0.25, 0.3) is 0 Å². The predicted molar refractivity (Wildman–Crippen MR) is 27.1 cm³/mol. The van der Waals surface area contributed by atoms with Gasteiger partial charge in [0.1, 0.15) is 5.78 Å². The molecule has 0 unspecified atom stereocenters. The minimum absolute atomic E-state index is 0.0605. The average Bonchev–Trinajstić information content (AvgIpc) is 1.61. The van der Waals surface area contributed by atoms with E-state index in [1.54, 1.807) is 0 Å². The Morgan fingerprint density at radius 1 is 1.86 bits per heavy atom. The zero-order valence-electron chi connectivity index (χ0n) is 4.22. The van der Waals surface area contributed by atoms with E-state index in [4.69, 9.17) is 5.11 Å². The third kappa shape index (κ3) is 5.21. The molecule has 2 heteroatoms. The smallest absolute Gasteiger partial charge is 0.133 e. The maximum absolute atomic E-state index is 10.0. The monoisotopic (exact) mass is 100 g/mol. The van der Waals surface area contributed by atoms with Crippen LogP contribution in [0.2, 0.25) is 0 Å². The van der Waals surface area contributed by atoms with Crippen molar-refractivity contribution in [3.8, 4) is 0 Å². The molecule has 0 atom stereocenters. The van der Waals surface area contributed by atoms with Crippen LogP contribution in [0, 0.1) is 0 Å². The number of aliphatic hydroxyl groups is 1. The number of Topliss-reactive ketones (excluding diaryl/α,β-unsaturated/α-hetero) is 1. The summed E-state index contributed by atoms with van der Waals surface area (Å²) in [6.07, 6.45) is 2.61. The Balaban J connectivity index is 3.14. The summed E-state index contributed by atoms with van der Waals surface area (Å²) in [5.41, 5.74) is 0. The van der Waals surface area contributed by atoms with Crippen LogP contribution in [0.3, 0.4) is 0 Å². The number of rotatable bonds is 2. The summed E-state index contributed by atoms with van der Waals surface area (Å²) in [5, 5.41) is 7.98. The molecule has 0 aromatic rings. The Hall–Kier alpha value is -0.790. The van der Waals surface area contributed by atoms with E-state index in [1.807, 2.05) is 0 Å². The molecule has 0 amide bonds. The average molecular weight is 100 g/mol. The SMILES string of the molecule is CC(=O)C/C=C/O. The summed E-state index contributed by atoms with van der Waals surface area (Å²) in [4.78, 5) is 10.0. The van der Waals surface area contributed by atoms with Crippen LogP contribution < -0.4 is 0 Å². The highest BCUT2D eigenvalue weighted by Gasteiger charge is 1.82. The first-order valence-electron chi connectivity index (χ1n) is 2.06. The molecule has 0 spiro atoms. The van der Waals surface area contributed by atoms with Gasteiger partial charge in [-0.15, -0.1) is 0 Å². The van der Waals surface area contributed by atoms with E-state index in [9.17, 15) is 4.79 Å². The second-order valence-electron chi connectivity index (χ2n) is 1.29. The van der Waals surface area contributed by atoms with Crippen molar-refractivity contribution < 1.29 is 9.90 Å². The minimum atomic E-state index is 0.0605. The summed E-state index contributed by atoms with van der Waals surface area (Å²) >= 11 is 0. The van der Waals surface area contributed by atoms with Crippen molar-refractivity contribution in [3.05, 3.63) is 12.3 Å². The van der Waals surface area contributed by atoms with Gasteiger partial charge in [-0.05, 0) is 13.0 Å². The molecular formula is C5H8O2. The zero-order valence-corrected chi connectivity index (χ0v) is 4.22. The lowest BCUT2D eigenvalue weighted by molar-refractivity contribution is -0.116. The molecule has 0 bridgehead atoms. The second-order valence-corrected chi connectivity index (χ2v) is 1.29. The van der Waals surface area contributed by atoms with Crippen LogP contribution >= 0.6 is 0 Å². The highest BCUT2D eigenvalue weighted by molar-refractivity contribution is 5.76. The predicted octanol–water partition coefficient (Wildman–Crippen LogP) is 1.04. The molecule has 0 aromatic carbocycles. The molecular weight excluding hydrogens is 92.1 g/mol. The topological polar surface area (TPSA) is 37.3 Å². The van der Waals surface area contributed by atoms with E-state index in [2.05, 4.69) is 0 Å². The van der Waals surface area contributed by atoms with Gasteiger partial charge in [0.15, 0.2) is 0 Å². The standard InChI is InChI=1S/C5H8O2/c1-5(7)3-2-4-6/h2,4,6H,3H2,1H3/b4-2+. The van der Waals surface area contributed by atoms with Crippen molar-refractivity contribution in [2.24, 2.45) is 0 Å². The highest BCUT2D eigenvalue weighted by Crippen LogP contribution is 1.80. The van der Waals surface area contributed by atoms with Gasteiger partial charge in [-0.3, -0.25) is 4.79 Å². The zero-order chi connectivity index (χ0) is 5.70. The van der Waals surface area contributed by atoms with Gasteiger partial charge in [-0.1, -0.05) is 0 Å². The maximum Gasteiger partial charge on any atom is 0.133 e. The van der Waals surface area contributed by atoms with Crippen molar-refractivity contribution >= 4 is 5.78 Å². The quantitative estimate of drug-likeness (QED) is 0.526. The molecule has 0 aliphatic carbocycles. The molecule has 0 saturated heterocycles. The molecule has 0 heterocycles. The number of ketones is 1. The lowest BCUT2D eigenvalue weighted by Gasteiger charge is -1.77. The van der Waals surface area contributed by atoms with Gasteiger partial charge in [-0.2, -0.15) is 0 Å². The molecule has 0 aromatic heterocycles. The molecule has 2 nitrogen and oxygen atoms in total. The van der Waals surface area contributed by atoms with Gasteiger partial charge in [0, 0.05) is 6.42 Å². The van der Waals surface area contributed by atoms with Crippen LogP contribution in [-0.2, 0) is 4.79 Å². The minimum Gasteiger partial charge on any atom is -0.516 e. The molecule has 7 heavy (non-hydrogen) atoms. The van der Waals surface area contributed by atoms with Crippen LogP contribution in [0.4, 0.5) is 0 Å². The largest absolute Gasteiger partial charge is 0.516 e. The van der Waals surface area contributed by atoms with E-state index in [0.717, 1.165) is 6.26 Å². The van der Waals surface area contributed by atoms with Crippen LogP contribution in [0.5, 0.6) is 0 Å². The molecule has 0 rings (SSSR count). The van der Waals surface area contributed by atoms with Gasteiger partial charge >= 0.3 is 0 Å². The fraction of sp³-hybridized carbons (Fsp3) is 0.400. The Morgan fingerprint density at radius 2 is 2.43 bits per heavy atom. The maximum atomic E-state index is 10.0. The van der Waals surface area contributed by atoms with Crippen molar-refractivity contribution in [1.82, 2.24) is 0 Å². The fourth-order valence-corrected chi connectivity index (χ4v) is 0.219. The number of hydrogen-bond donors (Lipinski definition) is 1. The Kier molecular flexibility index (Phi) is 3.02. The third-order valence-electron chi connectivity index (χ3n) is 0.511. The van der Waals surface area contributed by atoms with E-state index in [0.29, 0.717) is 6.42 Å². The Bertz CT molecular complexity index is 84.1. The van der Waals surface area contributed by atoms with Crippen molar-refractivity contribution in [2.75, 3.05) is 0 Å². The first-order valence-corrected chi connectivity index (χ1v) is 2.06. The molecule has 1 N–H and O–H groups in total. The number of carbonyl (C=O) groups is 1. The number of allylic oxidation sites excluding steroid dienone is 1. The van der Waals surface area contributed by atoms with Gasteiger partial charge in [-0.25, -0.2) is 0 Å². The van der Waals surface area contributed by atoms with Gasteiger partial charge in [0.05, 0.1) is 6.26 Å². The summed E-state index contributed by atoms with van der Waals surface area (Å²) in [6.45, 7) is 1.47. The van der Waals surface area contributed by atoms with Crippen LogP contribution in [0.25, 0.3) is 0 Å². The Morgan fingerprint density at radius 3 is 2.57 bits per heavy atom. The highest BCUT2D eigenvalue weighted by atomic mass is 16.2.